The Bertz CT molecular complexity index is 1020. The van der Waals surface area contributed by atoms with E-state index in [4.69, 9.17) is 32.5 Å². The summed E-state index contributed by atoms with van der Waals surface area (Å²) in [6.07, 6.45) is 3.06. The number of ether oxygens (including phenoxy) is 1. The maximum absolute atomic E-state index is 12.3. The topological polar surface area (TPSA) is 68.5 Å². The largest absolute Gasteiger partial charge is 0.497 e. The second kappa shape index (κ2) is 8.91. The molecule has 1 amide bonds. The van der Waals surface area contributed by atoms with Crippen LogP contribution in [0.3, 0.4) is 0 Å². The Morgan fingerprint density at radius 3 is 2.82 bits per heavy atom. The molecule has 0 bridgehead atoms. The quantitative estimate of drug-likeness (QED) is 0.542. The number of halogens is 2. The number of benzene rings is 2. The van der Waals surface area contributed by atoms with E-state index in [1.165, 1.54) is 11.0 Å². The molecule has 0 saturated heterocycles. The van der Waals surface area contributed by atoms with Gasteiger partial charge in [0.15, 0.2) is 0 Å². The van der Waals surface area contributed by atoms with Crippen LogP contribution in [0, 0.1) is 0 Å². The third-order valence-corrected chi connectivity index (χ3v) is 4.48. The van der Waals surface area contributed by atoms with Crippen LogP contribution >= 0.6 is 23.2 Å². The van der Waals surface area contributed by atoms with Crippen molar-refractivity contribution in [2.45, 2.75) is 6.54 Å². The summed E-state index contributed by atoms with van der Waals surface area (Å²) in [5, 5.41) is 4.97. The summed E-state index contributed by atoms with van der Waals surface area (Å²) in [6.45, 7) is 0.175. The standard InChI is InChI=1S/C20H17Cl2N3O3/c1-25(19(26)9-7-13-6-8-15(21)11-17(13)22)12-18-23-20(24-28-18)14-4-3-5-16(10-14)27-2/h3-11H,12H2,1-2H3/b9-7+. The fraction of sp³-hybridized carbons (Fsp3) is 0.150. The Kier molecular flexibility index (Phi) is 6.34. The maximum Gasteiger partial charge on any atom is 0.246 e. The molecule has 0 atom stereocenters. The van der Waals surface area contributed by atoms with Gasteiger partial charge in [-0.15, -0.1) is 0 Å². The van der Waals surface area contributed by atoms with Gasteiger partial charge >= 0.3 is 0 Å². The molecule has 3 rings (SSSR count). The zero-order valence-corrected chi connectivity index (χ0v) is 16.7. The minimum absolute atomic E-state index is 0.175. The highest BCUT2D eigenvalue weighted by molar-refractivity contribution is 6.35. The summed E-state index contributed by atoms with van der Waals surface area (Å²) < 4.78 is 10.4. The highest BCUT2D eigenvalue weighted by atomic mass is 35.5. The smallest absolute Gasteiger partial charge is 0.246 e. The number of carbonyl (C=O) groups excluding carboxylic acids is 1. The normalized spacial score (nSPS) is 11.0. The summed E-state index contributed by atoms with van der Waals surface area (Å²) >= 11 is 12.0. The lowest BCUT2D eigenvalue weighted by Crippen LogP contribution is -2.24. The number of likely N-dealkylation sites (N-methyl/N-ethyl adjacent to an activating group) is 1. The number of hydrogen-bond donors (Lipinski definition) is 0. The van der Waals surface area contributed by atoms with Gasteiger partial charge in [-0.05, 0) is 35.9 Å². The average molecular weight is 418 g/mol. The van der Waals surface area contributed by atoms with Crippen LogP contribution in [0.2, 0.25) is 10.0 Å². The maximum atomic E-state index is 12.3. The monoisotopic (exact) mass is 417 g/mol. The third-order valence-electron chi connectivity index (χ3n) is 3.91. The third kappa shape index (κ3) is 4.91. The SMILES string of the molecule is COc1cccc(-c2noc(CN(C)C(=O)/C=C/c3ccc(Cl)cc3Cl)n2)c1. The van der Waals surface area contributed by atoms with Gasteiger partial charge in [-0.1, -0.05) is 46.6 Å². The molecule has 1 aromatic heterocycles. The van der Waals surface area contributed by atoms with Crippen molar-refractivity contribution in [2.24, 2.45) is 0 Å². The molecule has 0 aliphatic carbocycles. The number of carbonyl (C=O) groups is 1. The molecule has 1 heterocycles. The Labute approximate surface area is 172 Å². The summed E-state index contributed by atoms with van der Waals surface area (Å²) in [4.78, 5) is 18.1. The predicted octanol–water partition coefficient (Wildman–Crippen LogP) is 4.72. The Morgan fingerprint density at radius 1 is 1.25 bits per heavy atom. The first-order valence-electron chi connectivity index (χ1n) is 8.31. The van der Waals surface area contributed by atoms with Crippen molar-refractivity contribution in [3.05, 3.63) is 70.0 Å². The zero-order valence-electron chi connectivity index (χ0n) is 15.2. The van der Waals surface area contributed by atoms with Gasteiger partial charge in [-0.3, -0.25) is 4.79 Å². The average Bonchev–Trinajstić information content (AvgIpc) is 3.15. The van der Waals surface area contributed by atoms with E-state index in [0.29, 0.717) is 33.1 Å². The first-order chi connectivity index (χ1) is 13.5. The fourth-order valence-corrected chi connectivity index (χ4v) is 2.88. The van der Waals surface area contributed by atoms with Crippen LogP contribution in [0.4, 0.5) is 0 Å². The molecular formula is C20H17Cl2N3O3. The number of hydrogen-bond acceptors (Lipinski definition) is 5. The summed E-state index contributed by atoms with van der Waals surface area (Å²) in [7, 11) is 3.23. The van der Waals surface area contributed by atoms with Crippen LogP contribution in [0.1, 0.15) is 11.5 Å². The molecule has 6 nitrogen and oxygen atoms in total. The molecule has 0 aliphatic rings. The summed E-state index contributed by atoms with van der Waals surface area (Å²) in [5.74, 6) is 1.22. The Balaban J connectivity index is 1.65. The molecule has 0 N–H and O–H groups in total. The van der Waals surface area contributed by atoms with Crippen molar-refractivity contribution in [1.29, 1.82) is 0 Å². The minimum atomic E-state index is -0.229. The van der Waals surface area contributed by atoms with Crippen molar-refractivity contribution in [3.8, 4) is 17.1 Å². The van der Waals surface area contributed by atoms with Gasteiger partial charge in [-0.25, -0.2) is 0 Å². The van der Waals surface area contributed by atoms with Gasteiger partial charge in [-0.2, -0.15) is 4.98 Å². The molecule has 3 aromatic rings. The van der Waals surface area contributed by atoms with E-state index in [1.807, 2.05) is 24.3 Å². The van der Waals surface area contributed by atoms with Crippen LogP contribution in [0.15, 0.2) is 53.1 Å². The van der Waals surface area contributed by atoms with E-state index in [1.54, 1.807) is 38.4 Å². The predicted molar refractivity (Wildman–Crippen MR) is 108 cm³/mol. The van der Waals surface area contributed by atoms with Gasteiger partial charge in [0.1, 0.15) is 5.75 Å². The van der Waals surface area contributed by atoms with Gasteiger partial charge in [0.25, 0.3) is 0 Å². The first-order valence-corrected chi connectivity index (χ1v) is 9.07. The minimum Gasteiger partial charge on any atom is -0.497 e. The van der Waals surface area contributed by atoms with Gasteiger partial charge in [0.05, 0.1) is 13.7 Å². The number of methoxy groups -OCH3 is 1. The number of amides is 1. The van der Waals surface area contributed by atoms with Crippen molar-refractivity contribution in [1.82, 2.24) is 15.0 Å². The number of aromatic nitrogens is 2. The highest BCUT2D eigenvalue weighted by Gasteiger charge is 2.13. The van der Waals surface area contributed by atoms with E-state index in [-0.39, 0.29) is 12.5 Å². The summed E-state index contributed by atoms with van der Waals surface area (Å²) in [6, 6.07) is 12.4. The van der Waals surface area contributed by atoms with Crippen LogP contribution in [0.25, 0.3) is 17.5 Å². The van der Waals surface area contributed by atoms with E-state index in [2.05, 4.69) is 10.1 Å². The zero-order chi connectivity index (χ0) is 20.1. The second-order valence-corrected chi connectivity index (χ2v) is 6.78. The first kappa shape index (κ1) is 19.9. The Hall–Kier alpha value is -2.83. The molecule has 8 heteroatoms. The molecule has 0 saturated carbocycles. The van der Waals surface area contributed by atoms with Crippen molar-refractivity contribution in [3.63, 3.8) is 0 Å². The van der Waals surface area contributed by atoms with Crippen molar-refractivity contribution >= 4 is 35.2 Å². The van der Waals surface area contributed by atoms with Crippen molar-refractivity contribution in [2.75, 3.05) is 14.2 Å². The lowest BCUT2D eigenvalue weighted by Gasteiger charge is -2.11. The second-order valence-electron chi connectivity index (χ2n) is 5.94. The molecule has 144 valence electrons. The van der Waals surface area contributed by atoms with Gasteiger partial charge < -0.3 is 14.2 Å². The molecule has 28 heavy (non-hydrogen) atoms. The molecule has 0 unspecified atom stereocenters. The molecule has 0 fully saturated rings. The van der Waals surface area contributed by atoms with E-state index < -0.39 is 0 Å². The van der Waals surface area contributed by atoms with Crippen LogP contribution < -0.4 is 4.74 Å². The number of nitrogens with zero attached hydrogens (tertiary/aromatic N) is 3. The summed E-state index contributed by atoms with van der Waals surface area (Å²) in [5.41, 5.74) is 1.46. The molecular weight excluding hydrogens is 401 g/mol. The van der Waals surface area contributed by atoms with E-state index >= 15 is 0 Å². The van der Waals surface area contributed by atoms with Gasteiger partial charge in [0.2, 0.25) is 17.6 Å². The molecule has 0 radical (unpaired) electrons. The highest BCUT2D eigenvalue weighted by Crippen LogP contribution is 2.23. The van der Waals surface area contributed by atoms with E-state index in [9.17, 15) is 4.79 Å². The van der Waals surface area contributed by atoms with Crippen LogP contribution in [-0.2, 0) is 11.3 Å². The van der Waals surface area contributed by atoms with Crippen LogP contribution in [-0.4, -0.2) is 35.1 Å². The van der Waals surface area contributed by atoms with Gasteiger partial charge in [0, 0.05) is 28.7 Å². The lowest BCUT2D eigenvalue weighted by atomic mass is 10.2. The molecule has 2 aromatic carbocycles. The number of rotatable bonds is 6. The Morgan fingerprint density at radius 2 is 2.07 bits per heavy atom. The molecule has 0 spiro atoms. The van der Waals surface area contributed by atoms with Crippen molar-refractivity contribution < 1.29 is 14.1 Å². The van der Waals surface area contributed by atoms with Crippen LogP contribution in [0.5, 0.6) is 5.75 Å². The lowest BCUT2D eigenvalue weighted by molar-refractivity contribution is -0.125. The van der Waals surface area contributed by atoms with E-state index in [0.717, 1.165) is 5.56 Å². The molecule has 0 aliphatic heterocycles. The fourth-order valence-electron chi connectivity index (χ4n) is 2.40.